The van der Waals surface area contributed by atoms with Crippen LogP contribution >= 0.6 is 0 Å². The van der Waals surface area contributed by atoms with Gasteiger partial charge in [-0.25, -0.2) is 8.42 Å². The van der Waals surface area contributed by atoms with E-state index in [4.69, 9.17) is 0 Å². The highest BCUT2D eigenvalue weighted by Gasteiger charge is 2.32. The summed E-state index contributed by atoms with van der Waals surface area (Å²) in [6.07, 6.45) is 1.79. The molecule has 0 spiro atoms. The molecule has 2 aromatic rings. The molecule has 2 aromatic carbocycles. The number of rotatable bonds is 3. The summed E-state index contributed by atoms with van der Waals surface area (Å²) in [4.78, 5) is 12.3. The molecule has 1 atom stereocenters. The molecule has 3 rings (SSSR count). The van der Waals surface area contributed by atoms with E-state index in [1.54, 1.807) is 18.2 Å². The first-order valence-corrected chi connectivity index (χ1v) is 10.2. The number of hydrogen-bond acceptors (Lipinski definition) is 3. The molecule has 0 bridgehead atoms. The molecule has 0 saturated carbocycles. The van der Waals surface area contributed by atoms with Crippen LogP contribution in [0, 0.1) is 11.8 Å². The molecule has 6 heteroatoms. The number of carbonyl (C=O) groups excluding carboxylic acids is 1. The predicted molar refractivity (Wildman–Crippen MR) is 103 cm³/mol. The van der Waals surface area contributed by atoms with Crippen LogP contribution < -0.4 is 9.62 Å². The monoisotopic (exact) mass is 368 g/mol. The molecule has 1 heterocycles. The van der Waals surface area contributed by atoms with Crippen molar-refractivity contribution in [3.63, 3.8) is 0 Å². The predicted octanol–water partition coefficient (Wildman–Crippen LogP) is 2.18. The third kappa shape index (κ3) is 3.89. The zero-order valence-electron chi connectivity index (χ0n) is 14.7. The van der Waals surface area contributed by atoms with Crippen molar-refractivity contribution in [1.82, 2.24) is 5.32 Å². The van der Waals surface area contributed by atoms with Gasteiger partial charge in [-0.05, 0) is 49.2 Å². The molecule has 0 fully saturated rings. The molecular weight excluding hydrogens is 348 g/mol. The lowest BCUT2D eigenvalue weighted by atomic mass is 10.1. The molecule has 1 aliphatic rings. The zero-order chi connectivity index (χ0) is 18.7. The van der Waals surface area contributed by atoms with Gasteiger partial charge in [0.2, 0.25) is 10.0 Å². The molecule has 0 aromatic heterocycles. The van der Waals surface area contributed by atoms with E-state index in [9.17, 15) is 13.2 Å². The lowest BCUT2D eigenvalue weighted by Crippen LogP contribution is -2.34. The van der Waals surface area contributed by atoms with Crippen LogP contribution in [0.15, 0.2) is 48.5 Å². The van der Waals surface area contributed by atoms with Gasteiger partial charge in [0, 0.05) is 17.2 Å². The van der Waals surface area contributed by atoms with Gasteiger partial charge in [0.05, 0.1) is 18.5 Å². The van der Waals surface area contributed by atoms with E-state index >= 15 is 0 Å². The van der Waals surface area contributed by atoms with Crippen molar-refractivity contribution < 1.29 is 13.2 Å². The Morgan fingerprint density at radius 1 is 1.23 bits per heavy atom. The number of anilines is 1. The SMILES string of the molecule is CC1Cc2cc(C(=O)NCC#Cc3ccccc3)ccc2N1S(C)(=O)=O. The second-order valence-corrected chi connectivity index (χ2v) is 8.17. The minimum Gasteiger partial charge on any atom is -0.341 e. The average Bonchev–Trinajstić information content (AvgIpc) is 2.94. The summed E-state index contributed by atoms with van der Waals surface area (Å²) < 4.78 is 25.3. The second kappa shape index (κ2) is 7.22. The molecule has 1 aliphatic heterocycles. The summed E-state index contributed by atoms with van der Waals surface area (Å²) in [6.45, 7) is 2.11. The van der Waals surface area contributed by atoms with Crippen molar-refractivity contribution in [2.45, 2.75) is 19.4 Å². The molecule has 134 valence electrons. The second-order valence-electron chi connectivity index (χ2n) is 6.31. The highest BCUT2D eigenvalue weighted by atomic mass is 32.2. The summed E-state index contributed by atoms with van der Waals surface area (Å²) in [5.41, 5.74) is 2.92. The Labute approximate surface area is 154 Å². The lowest BCUT2D eigenvalue weighted by Gasteiger charge is -2.21. The Hall–Kier alpha value is -2.78. The van der Waals surface area contributed by atoms with E-state index in [1.807, 2.05) is 37.3 Å². The number of nitrogens with zero attached hydrogens (tertiary/aromatic N) is 1. The zero-order valence-corrected chi connectivity index (χ0v) is 15.5. The first kappa shape index (κ1) is 18.0. The van der Waals surface area contributed by atoms with Gasteiger partial charge in [-0.2, -0.15) is 0 Å². The van der Waals surface area contributed by atoms with Crippen molar-refractivity contribution in [1.29, 1.82) is 0 Å². The first-order chi connectivity index (χ1) is 12.4. The van der Waals surface area contributed by atoms with Gasteiger partial charge in [-0.15, -0.1) is 0 Å². The number of hydrogen-bond donors (Lipinski definition) is 1. The Bertz CT molecular complexity index is 989. The van der Waals surface area contributed by atoms with Crippen molar-refractivity contribution in [3.05, 3.63) is 65.2 Å². The number of fused-ring (bicyclic) bond motifs is 1. The fourth-order valence-electron chi connectivity index (χ4n) is 3.14. The smallest absolute Gasteiger partial charge is 0.252 e. The molecule has 0 aliphatic carbocycles. The van der Waals surface area contributed by atoms with Gasteiger partial charge in [0.1, 0.15) is 0 Å². The van der Waals surface area contributed by atoms with E-state index < -0.39 is 10.0 Å². The largest absolute Gasteiger partial charge is 0.341 e. The van der Waals surface area contributed by atoms with Crippen LogP contribution in [0.1, 0.15) is 28.4 Å². The van der Waals surface area contributed by atoms with Gasteiger partial charge in [0.15, 0.2) is 0 Å². The van der Waals surface area contributed by atoms with Crippen LogP contribution in [0.3, 0.4) is 0 Å². The Morgan fingerprint density at radius 2 is 1.96 bits per heavy atom. The van der Waals surface area contributed by atoms with Gasteiger partial charge < -0.3 is 5.32 Å². The third-order valence-corrected chi connectivity index (χ3v) is 5.47. The molecule has 0 radical (unpaired) electrons. The van der Waals surface area contributed by atoms with E-state index in [0.717, 1.165) is 11.1 Å². The molecule has 0 saturated heterocycles. The van der Waals surface area contributed by atoms with Crippen molar-refractivity contribution in [2.75, 3.05) is 17.1 Å². The third-order valence-electron chi connectivity index (χ3n) is 4.20. The highest BCUT2D eigenvalue weighted by molar-refractivity contribution is 7.92. The van der Waals surface area contributed by atoms with E-state index in [1.165, 1.54) is 10.6 Å². The van der Waals surface area contributed by atoms with E-state index in [2.05, 4.69) is 17.2 Å². The Kier molecular flexibility index (Phi) is 5.01. The topological polar surface area (TPSA) is 66.5 Å². The fourth-order valence-corrected chi connectivity index (χ4v) is 4.41. The Morgan fingerprint density at radius 3 is 2.65 bits per heavy atom. The summed E-state index contributed by atoms with van der Waals surface area (Å²) in [5, 5.41) is 2.77. The number of amides is 1. The maximum absolute atomic E-state index is 12.3. The summed E-state index contributed by atoms with van der Waals surface area (Å²) in [6, 6.07) is 14.5. The van der Waals surface area contributed by atoms with E-state index in [0.29, 0.717) is 17.7 Å². The molecule has 1 N–H and O–H groups in total. The normalized spacial score (nSPS) is 15.8. The molecule has 5 nitrogen and oxygen atoms in total. The van der Waals surface area contributed by atoms with E-state index in [-0.39, 0.29) is 18.5 Å². The summed E-state index contributed by atoms with van der Waals surface area (Å²) in [7, 11) is -3.33. The van der Waals surface area contributed by atoms with Crippen molar-refractivity contribution in [3.8, 4) is 11.8 Å². The quantitative estimate of drug-likeness (QED) is 0.845. The standard InChI is InChI=1S/C20H20N2O3S/c1-15-13-18-14-17(10-11-19(18)22(15)26(2,24)25)20(23)21-12-6-9-16-7-4-3-5-8-16/h3-5,7-8,10-11,14-15H,12-13H2,1-2H3,(H,21,23). The average molecular weight is 368 g/mol. The minimum absolute atomic E-state index is 0.143. The fraction of sp³-hybridized carbons (Fsp3) is 0.250. The highest BCUT2D eigenvalue weighted by Crippen LogP contribution is 2.34. The van der Waals surface area contributed by atoms with Crippen LogP contribution in [0.4, 0.5) is 5.69 Å². The summed E-state index contributed by atoms with van der Waals surface area (Å²) >= 11 is 0. The summed E-state index contributed by atoms with van der Waals surface area (Å²) in [5.74, 6) is 5.68. The van der Waals surface area contributed by atoms with Crippen LogP contribution in [0.5, 0.6) is 0 Å². The molecular formula is C20H20N2O3S. The van der Waals surface area contributed by atoms with Gasteiger partial charge in [-0.1, -0.05) is 30.0 Å². The first-order valence-electron chi connectivity index (χ1n) is 8.31. The maximum atomic E-state index is 12.3. The lowest BCUT2D eigenvalue weighted by molar-refractivity contribution is 0.0958. The molecule has 26 heavy (non-hydrogen) atoms. The molecule has 1 amide bonds. The number of benzene rings is 2. The van der Waals surface area contributed by atoms with Crippen LogP contribution in [0.2, 0.25) is 0 Å². The number of carbonyl (C=O) groups is 1. The minimum atomic E-state index is -3.33. The maximum Gasteiger partial charge on any atom is 0.252 e. The van der Waals surface area contributed by atoms with Gasteiger partial charge in [0.25, 0.3) is 5.91 Å². The van der Waals surface area contributed by atoms with Gasteiger partial charge >= 0.3 is 0 Å². The number of sulfonamides is 1. The van der Waals surface area contributed by atoms with Crippen LogP contribution in [-0.4, -0.2) is 33.2 Å². The molecule has 1 unspecified atom stereocenters. The van der Waals surface area contributed by atoms with Crippen LogP contribution in [0.25, 0.3) is 0 Å². The van der Waals surface area contributed by atoms with Gasteiger partial charge in [-0.3, -0.25) is 9.10 Å². The number of nitrogens with one attached hydrogen (secondary N) is 1. The van der Waals surface area contributed by atoms with Crippen molar-refractivity contribution in [2.24, 2.45) is 0 Å². The Balaban J connectivity index is 1.69. The van der Waals surface area contributed by atoms with Crippen molar-refractivity contribution >= 4 is 21.6 Å². The van der Waals surface area contributed by atoms with Crippen LogP contribution in [-0.2, 0) is 16.4 Å².